The van der Waals surface area contributed by atoms with E-state index in [1.165, 1.54) is 5.56 Å². The topological polar surface area (TPSA) is 48.4 Å². The lowest BCUT2D eigenvalue weighted by Crippen LogP contribution is -2.32. The Bertz CT molecular complexity index is 298. The molecular formula is C12H21N3O. The third-order valence-corrected chi connectivity index (χ3v) is 2.58. The molecule has 0 spiro atoms. The summed E-state index contributed by atoms with van der Waals surface area (Å²) < 4.78 is 0. The average molecular weight is 223 g/mol. The smallest absolute Gasteiger partial charge is 0.125 e. The van der Waals surface area contributed by atoms with Gasteiger partial charge in [-0.25, -0.2) is 4.98 Å². The van der Waals surface area contributed by atoms with Gasteiger partial charge in [0, 0.05) is 32.4 Å². The fourth-order valence-corrected chi connectivity index (χ4v) is 1.55. The number of nitrogens with zero attached hydrogens (tertiary/aromatic N) is 2. The van der Waals surface area contributed by atoms with E-state index in [4.69, 9.17) is 5.11 Å². The van der Waals surface area contributed by atoms with Gasteiger partial charge in [0.15, 0.2) is 0 Å². The highest BCUT2D eigenvalue weighted by Crippen LogP contribution is 2.09. The van der Waals surface area contributed by atoms with Gasteiger partial charge in [-0.1, -0.05) is 6.07 Å². The molecule has 1 heterocycles. The molecule has 1 rings (SSSR count). The van der Waals surface area contributed by atoms with Crippen LogP contribution in [0, 0.1) is 0 Å². The summed E-state index contributed by atoms with van der Waals surface area (Å²) in [5.41, 5.74) is 1.17. The van der Waals surface area contributed by atoms with Crippen LogP contribution in [0.5, 0.6) is 0 Å². The van der Waals surface area contributed by atoms with Crippen molar-refractivity contribution in [2.75, 3.05) is 25.5 Å². The molecule has 0 aromatic carbocycles. The van der Waals surface area contributed by atoms with Crippen molar-refractivity contribution >= 4 is 5.82 Å². The van der Waals surface area contributed by atoms with E-state index in [-0.39, 0.29) is 6.61 Å². The second-order valence-corrected chi connectivity index (χ2v) is 4.09. The fraction of sp³-hybridized carbons (Fsp3) is 0.583. The van der Waals surface area contributed by atoms with Crippen molar-refractivity contribution in [2.24, 2.45) is 0 Å². The zero-order chi connectivity index (χ0) is 12.0. The number of hydrogen-bond acceptors (Lipinski definition) is 4. The molecule has 0 amide bonds. The third-order valence-electron chi connectivity index (χ3n) is 2.58. The number of aliphatic hydroxyl groups is 1. The van der Waals surface area contributed by atoms with Crippen LogP contribution in [0.4, 0.5) is 5.82 Å². The molecule has 16 heavy (non-hydrogen) atoms. The molecule has 0 saturated carbocycles. The van der Waals surface area contributed by atoms with E-state index in [1.807, 2.05) is 19.3 Å². The number of rotatable bonds is 6. The van der Waals surface area contributed by atoms with E-state index in [0.717, 1.165) is 12.4 Å². The molecule has 0 aliphatic rings. The van der Waals surface area contributed by atoms with Crippen molar-refractivity contribution < 1.29 is 5.11 Å². The molecular weight excluding hydrogens is 202 g/mol. The molecule has 0 saturated heterocycles. The molecule has 0 fully saturated rings. The van der Waals surface area contributed by atoms with Crippen molar-refractivity contribution in [3.8, 4) is 0 Å². The summed E-state index contributed by atoms with van der Waals surface area (Å²) in [5, 5.41) is 12.0. The Hall–Kier alpha value is -1.13. The maximum atomic E-state index is 8.98. The second-order valence-electron chi connectivity index (χ2n) is 4.09. The monoisotopic (exact) mass is 223 g/mol. The zero-order valence-electron chi connectivity index (χ0n) is 10.3. The Morgan fingerprint density at radius 2 is 2.19 bits per heavy atom. The minimum absolute atomic E-state index is 0.195. The molecule has 0 atom stereocenters. The maximum absolute atomic E-state index is 8.98. The quantitative estimate of drug-likeness (QED) is 0.764. The second kappa shape index (κ2) is 6.45. The number of anilines is 1. The highest BCUT2D eigenvalue weighted by atomic mass is 16.3. The summed E-state index contributed by atoms with van der Waals surface area (Å²) in [6, 6.07) is 4.45. The van der Waals surface area contributed by atoms with Crippen LogP contribution in [0.15, 0.2) is 18.3 Å². The van der Waals surface area contributed by atoms with Crippen LogP contribution < -0.4 is 5.32 Å². The van der Waals surface area contributed by atoms with E-state index in [0.29, 0.717) is 12.6 Å². The number of nitrogens with one attached hydrogen (secondary N) is 1. The summed E-state index contributed by atoms with van der Waals surface area (Å²) in [7, 11) is 1.86. The molecule has 1 aromatic heterocycles. The van der Waals surface area contributed by atoms with E-state index in [1.54, 1.807) is 0 Å². The van der Waals surface area contributed by atoms with Crippen LogP contribution in [-0.4, -0.2) is 41.2 Å². The first-order chi connectivity index (χ1) is 7.67. The van der Waals surface area contributed by atoms with Gasteiger partial charge in [-0.15, -0.1) is 0 Å². The minimum atomic E-state index is 0.195. The summed E-state index contributed by atoms with van der Waals surface area (Å²) in [4.78, 5) is 6.49. The minimum Gasteiger partial charge on any atom is -0.395 e. The Labute approximate surface area is 97.3 Å². The van der Waals surface area contributed by atoms with Crippen LogP contribution in [0.25, 0.3) is 0 Å². The van der Waals surface area contributed by atoms with E-state index >= 15 is 0 Å². The predicted molar refractivity (Wildman–Crippen MR) is 66.4 cm³/mol. The van der Waals surface area contributed by atoms with E-state index in [2.05, 4.69) is 35.1 Å². The van der Waals surface area contributed by atoms with Gasteiger partial charge < -0.3 is 10.4 Å². The lowest BCUT2D eigenvalue weighted by molar-refractivity contribution is 0.159. The van der Waals surface area contributed by atoms with Crippen LogP contribution in [-0.2, 0) is 6.54 Å². The van der Waals surface area contributed by atoms with Gasteiger partial charge in [-0.05, 0) is 25.5 Å². The SMILES string of the molecule is CNc1ccc(CN(CCO)C(C)C)cn1. The molecule has 4 nitrogen and oxygen atoms in total. The van der Waals surface area contributed by atoms with Crippen LogP contribution in [0.3, 0.4) is 0 Å². The lowest BCUT2D eigenvalue weighted by Gasteiger charge is -2.25. The summed E-state index contributed by atoms with van der Waals surface area (Å²) in [6.07, 6.45) is 1.87. The van der Waals surface area contributed by atoms with Crippen molar-refractivity contribution in [3.63, 3.8) is 0 Å². The predicted octanol–water partition coefficient (Wildman–Crippen LogP) is 1.33. The van der Waals surface area contributed by atoms with Gasteiger partial charge in [0.1, 0.15) is 5.82 Å². The Morgan fingerprint density at radius 3 is 2.62 bits per heavy atom. The van der Waals surface area contributed by atoms with Crippen molar-refractivity contribution in [1.82, 2.24) is 9.88 Å². The molecule has 0 aliphatic carbocycles. The van der Waals surface area contributed by atoms with E-state index < -0.39 is 0 Å². The normalized spacial score (nSPS) is 11.1. The highest BCUT2D eigenvalue weighted by Gasteiger charge is 2.09. The van der Waals surface area contributed by atoms with Gasteiger partial charge in [0.2, 0.25) is 0 Å². The molecule has 2 N–H and O–H groups in total. The largest absolute Gasteiger partial charge is 0.395 e. The standard InChI is InChI=1S/C12H21N3O/c1-10(2)15(6-7-16)9-11-4-5-12(13-3)14-8-11/h4-5,8,10,16H,6-7,9H2,1-3H3,(H,13,14). The molecule has 1 aromatic rings. The first-order valence-corrected chi connectivity index (χ1v) is 5.65. The fourth-order valence-electron chi connectivity index (χ4n) is 1.55. The maximum Gasteiger partial charge on any atom is 0.125 e. The third kappa shape index (κ3) is 3.79. The first-order valence-electron chi connectivity index (χ1n) is 5.65. The number of hydrogen-bond donors (Lipinski definition) is 2. The average Bonchev–Trinajstić information content (AvgIpc) is 2.29. The van der Waals surface area contributed by atoms with Crippen LogP contribution >= 0.6 is 0 Å². The molecule has 0 radical (unpaired) electrons. The van der Waals surface area contributed by atoms with Gasteiger partial charge in [-0.3, -0.25) is 4.90 Å². The summed E-state index contributed by atoms with van der Waals surface area (Å²) >= 11 is 0. The molecule has 0 aliphatic heterocycles. The highest BCUT2D eigenvalue weighted by molar-refractivity contribution is 5.34. The number of pyridine rings is 1. The number of aromatic nitrogens is 1. The molecule has 4 heteroatoms. The first kappa shape index (κ1) is 12.9. The van der Waals surface area contributed by atoms with Crippen molar-refractivity contribution in [2.45, 2.75) is 26.4 Å². The Kier molecular flexibility index (Phi) is 5.22. The summed E-state index contributed by atoms with van der Waals surface area (Å²) in [5.74, 6) is 0.877. The molecule has 0 unspecified atom stereocenters. The Balaban J connectivity index is 2.62. The lowest BCUT2D eigenvalue weighted by atomic mass is 10.2. The Morgan fingerprint density at radius 1 is 1.44 bits per heavy atom. The zero-order valence-corrected chi connectivity index (χ0v) is 10.3. The summed E-state index contributed by atoms with van der Waals surface area (Å²) in [6.45, 7) is 5.98. The van der Waals surface area contributed by atoms with Gasteiger partial charge in [0.05, 0.1) is 6.61 Å². The van der Waals surface area contributed by atoms with Gasteiger partial charge >= 0.3 is 0 Å². The van der Waals surface area contributed by atoms with Crippen molar-refractivity contribution in [3.05, 3.63) is 23.9 Å². The van der Waals surface area contributed by atoms with Gasteiger partial charge in [0.25, 0.3) is 0 Å². The molecule has 90 valence electrons. The van der Waals surface area contributed by atoms with Crippen LogP contribution in [0.2, 0.25) is 0 Å². The van der Waals surface area contributed by atoms with Crippen LogP contribution in [0.1, 0.15) is 19.4 Å². The molecule has 0 bridgehead atoms. The van der Waals surface area contributed by atoms with Gasteiger partial charge in [-0.2, -0.15) is 0 Å². The van der Waals surface area contributed by atoms with Crippen molar-refractivity contribution in [1.29, 1.82) is 0 Å². The van der Waals surface area contributed by atoms with E-state index in [9.17, 15) is 0 Å². The number of aliphatic hydroxyl groups excluding tert-OH is 1.